The zero-order chi connectivity index (χ0) is 45.3. The summed E-state index contributed by atoms with van der Waals surface area (Å²) in [5, 5.41) is 90.2. The van der Waals surface area contributed by atoms with Gasteiger partial charge in [-0.15, -0.1) is 0 Å². The molecule has 0 spiro atoms. The number of hydrogen-bond acceptors (Lipinski definition) is 16. The van der Waals surface area contributed by atoms with Gasteiger partial charge in [0.15, 0.2) is 12.5 Å². The molecule has 0 unspecified atom stereocenters. The summed E-state index contributed by atoms with van der Waals surface area (Å²) in [5.41, 5.74) is 0. The van der Waals surface area contributed by atoms with Crippen molar-refractivity contribution in [2.75, 3.05) is 91.8 Å². The Morgan fingerprint density at radius 1 is 0.516 bits per heavy atom. The van der Waals surface area contributed by atoms with Gasteiger partial charge in [0.25, 0.3) is 0 Å². The highest BCUT2D eigenvalue weighted by molar-refractivity contribution is 5.77. The van der Waals surface area contributed by atoms with Crippen LogP contribution in [0.4, 0.5) is 0 Å². The van der Waals surface area contributed by atoms with Gasteiger partial charge < -0.3 is 80.6 Å². The van der Waals surface area contributed by atoms with Crippen molar-refractivity contribution in [3.8, 4) is 0 Å². The Hall–Kier alpha value is -1.62. The fourth-order valence-electron chi connectivity index (χ4n) is 8.64. The van der Waals surface area contributed by atoms with Gasteiger partial charge in [0.2, 0.25) is 11.8 Å². The number of nitrogens with one attached hydrogen (secondary N) is 2. The molecule has 18 nitrogen and oxygen atoms in total. The summed E-state index contributed by atoms with van der Waals surface area (Å²) >= 11 is 0. The summed E-state index contributed by atoms with van der Waals surface area (Å²) in [6.45, 7) is 10.7. The molecule has 18 heteroatoms. The van der Waals surface area contributed by atoms with Crippen LogP contribution in [-0.4, -0.2) is 225 Å². The number of carbonyl (C=O) groups excluding carboxylic acids is 2. The monoisotopic (exact) mass is 891 g/mol. The third-order valence-electron chi connectivity index (χ3n) is 12.6. The normalized spacial score (nSPS) is 30.2. The second-order valence-corrected chi connectivity index (χ2v) is 17.5. The van der Waals surface area contributed by atoms with Gasteiger partial charge in [0.05, 0.1) is 13.2 Å². The highest BCUT2D eigenvalue weighted by Gasteiger charge is 2.48. The Bertz CT molecular complexity index is 1090. The van der Waals surface area contributed by atoms with Crippen LogP contribution in [0.15, 0.2) is 0 Å². The molecule has 0 radical (unpaired) electrons. The number of aliphatic hydroxyl groups is 8. The molecule has 3 saturated heterocycles. The third kappa shape index (κ3) is 18.3. The van der Waals surface area contributed by atoms with Crippen molar-refractivity contribution in [3.05, 3.63) is 0 Å². The lowest BCUT2D eigenvalue weighted by Crippen LogP contribution is -2.64. The lowest BCUT2D eigenvalue weighted by atomic mass is 9.97. The first-order valence-corrected chi connectivity index (χ1v) is 24.0. The number of nitrogens with zero attached hydrogens (tertiary/aromatic N) is 4. The van der Waals surface area contributed by atoms with Crippen molar-refractivity contribution in [1.29, 1.82) is 0 Å². The molecule has 62 heavy (non-hydrogen) atoms. The predicted octanol–water partition coefficient (Wildman–Crippen LogP) is -0.678. The Kier molecular flexibility index (Phi) is 27.6. The van der Waals surface area contributed by atoms with E-state index in [0.29, 0.717) is 52.1 Å². The van der Waals surface area contributed by atoms with E-state index < -0.39 is 74.5 Å². The molecular formula is C44H86N6O12. The van der Waals surface area contributed by atoms with Gasteiger partial charge in [0, 0.05) is 65.2 Å². The van der Waals surface area contributed by atoms with Crippen LogP contribution in [-0.2, 0) is 19.1 Å². The van der Waals surface area contributed by atoms with Gasteiger partial charge in [-0.2, -0.15) is 0 Å². The minimum Gasteiger partial charge on any atom is -0.394 e. The number of rotatable bonds is 24. The molecule has 0 aromatic heterocycles. The molecule has 3 rings (SSSR count). The molecule has 10 atom stereocenters. The standard InChI is InChI=1S/C44H86N6O12/c1-3-5-7-9-11-13-25-49(43-41(59)39(57)37(55)33(31-51)61-43)35(53)17-27-47-23-15-19-46-22-30-48(24-16-20-45-21-29-47)28-18-36(54)50(26-14-12-10-8-6-4-2)44-42(60)40(58)38(56)34(32-52)62-44/h33-34,37-46,51-52,55-60H,3-32H2,1-2H3/t33-,34-,37-,38-,39+,40+,41-,42-,43-,44-/m1/s1. The summed E-state index contributed by atoms with van der Waals surface area (Å²) in [4.78, 5) is 35.1. The topological polar surface area (TPSA) is 251 Å². The van der Waals surface area contributed by atoms with Crippen LogP contribution in [0.1, 0.15) is 117 Å². The molecule has 0 aliphatic carbocycles. The van der Waals surface area contributed by atoms with Gasteiger partial charge in [0.1, 0.15) is 48.8 Å². The molecular weight excluding hydrogens is 805 g/mol. The van der Waals surface area contributed by atoms with Crippen LogP contribution >= 0.6 is 0 Å². The smallest absolute Gasteiger partial charge is 0.225 e. The van der Waals surface area contributed by atoms with Crippen LogP contribution in [0.3, 0.4) is 0 Å². The molecule has 0 aromatic carbocycles. The lowest BCUT2D eigenvalue weighted by molar-refractivity contribution is -0.262. The average Bonchev–Trinajstić information content (AvgIpc) is 3.27. The zero-order valence-corrected chi connectivity index (χ0v) is 38.0. The van der Waals surface area contributed by atoms with E-state index in [0.717, 1.165) is 116 Å². The van der Waals surface area contributed by atoms with E-state index in [4.69, 9.17) is 9.47 Å². The molecule has 364 valence electrons. The third-order valence-corrected chi connectivity index (χ3v) is 12.6. The van der Waals surface area contributed by atoms with E-state index in [1.165, 1.54) is 9.80 Å². The number of aliphatic hydroxyl groups excluding tert-OH is 8. The molecule has 0 aromatic rings. The van der Waals surface area contributed by atoms with Gasteiger partial charge in [-0.05, 0) is 51.9 Å². The highest BCUT2D eigenvalue weighted by Crippen LogP contribution is 2.27. The molecule has 3 fully saturated rings. The van der Waals surface area contributed by atoms with Crippen LogP contribution in [0.2, 0.25) is 0 Å². The number of unbranched alkanes of at least 4 members (excludes halogenated alkanes) is 10. The first kappa shape index (κ1) is 54.7. The molecule has 3 aliphatic rings. The summed E-state index contributed by atoms with van der Waals surface area (Å²) in [6.07, 6.45) is 0.412. The van der Waals surface area contributed by atoms with Crippen molar-refractivity contribution >= 4 is 11.8 Å². The minimum atomic E-state index is -1.56. The lowest BCUT2D eigenvalue weighted by Gasteiger charge is -2.44. The Labute approximate surface area is 370 Å². The molecule has 3 heterocycles. The second-order valence-electron chi connectivity index (χ2n) is 17.5. The first-order valence-electron chi connectivity index (χ1n) is 24.0. The van der Waals surface area contributed by atoms with Crippen molar-refractivity contribution in [3.63, 3.8) is 0 Å². The number of ether oxygens (including phenoxy) is 2. The summed E-state index contributed by atoms with van der Waals surface area (Å²) in [5.74, 6) is -0.434. The summed E-state index contributed by atoms with van der Waals surface area (Å²) in [7, 11) is 0. The van der Waals surface area contributed by atoms with Crippen LogP contribution < -0.4 is 10.6 Å². The fraction of sp³-hybridized carbons (Fsp3) is 0.955. The minimum absolute atomic E-state index is 0.179. The van der Waals surface area contributed by atoms with E-state index in [2.05, 4.69) is 34.3 Å². The fourth-order valence-corrected chi connectivity index (χ4v) is 8.64. The molecule has 3 aliphatic heterocycles. The largest absolute Gasteiger partial charge is 0.394 e. The zero-order valence-electron chi connectivity index (χ0n) is 38.0. The van der Waals surface area contributed by atoms with Crippen molar-refractivity contribution in [2.24, 2.45) is 0 Å². The van der Waals surface area contributed by atoms with Crippen LogP contribution in [0.5, 0.6) is 0 Å². The number of carbonyl (C=O) groups is 2. The molecule has 2 amide bonds. The maximum Gasteiger partial charge on any atom is 0.225 e. The number of hydrogen-bond donors (Lipinski definition) is 10. The van der Waals surface area contributed by atoms with Crippen molar-refractivity contribution in [2.45, 2.75) is 178 Å². The second kappa shape index (κ2) is 31.3. The Morgan fingerprint density at radius 2 is 0.887 bits per heavy atom. The SMILES string of the molecule is CCCCCCCCN(C(=O)CCN1CCCNCCN(CCC(=O)N(CCCCCCCC)[C@@H]2O[C@H](CO)[C@@H](O)[C@H](O)[C@H]2O)CCCNCC1)[C@@H]1O[C@H](CO)[C@@H](O)[C@H](O)[C@H]1O. The van der Waals surface area contributed by atoms with E-state index >= 15 is 0 Å². The Balaban J connectivity index is 1.54. The van der Waals surface area contributed by atoms with Gasteiger partial charge in [-0.3, -0.25) is 9.59 Å². The van der Waals surface area contributed by atoms with E-state index in [1.807, 2.05) is 0 Å². The summed E-state index contributed by atoms with van der Waals surface area (Å²) < 4.78 is 11.7. The van der Waals surface area contributed by atoms with E-state index in [9.17, 15) is 50.4 Å². The summed E-state index contributed by atoms with van der Waals surface area (Å²) in [6, 6.07) is 0. The predicted molar refractivity (Wildman–Crippen MR) is 235 cm³/mol. The quantitative estimate of drug-likeness (QED) is 0.0540. The van der Waals surface area contributed by atoms with E-state index in [1.54, 1.807) is 0 Å². The average molecular weight is 891 g/mol. The highest BCUT2D eigenvalue weighted by atomic mass is 16.6. The van der Waals surface area contributed by atoms with Gasteiger partial charge in [-0.25, -0.2) is 0 Å². The van der Waals surface area contributed by atoms with Gasteiger partial charge >= 0.3 is 0 Å². The molecule has 10 N–H and O–H groups in total. The van der Waals surface area contributed by atoms with Crippen molar-refractivity contribution < 1.29 is 59.9 Å². The van der Waals surface area contributed by atoms with E-state index in [-0.39, 0.29) is 24.7 Å². The van der Waals surface area contributed by atoms with Crippen LogP contribution in [0.25, 0.3) is 0 Å². The molecule has 0 bridgehead atoms. The first-order chi connectivity index (χ1) is 30.0. The van der Waals surface area contributed by atoms with Crippen molar-refractivity contribution in [1.82, 2.24) is 30.2 Å². The van der Waals surface area contributed by atoms with Gasteiger partial charge in [-0.1, -0.05) is 78.1 Å². The molecule has 0 saturated carbocycles. The van der Waals surface area contributed by atoms with Crippen LogP contribution in [0, 0.1) is 0 Å². The maximum absolute atomic E-state index is 13.8. The Morgan fingerprint density at radius 3 is 1.26 bits per heavy atom. The maximum atomic E-state index is 13.8. The number of amides is 2.